The summed E-state index contributed by atoms with van der Waals surface area (Å²) in [5.41, 5.74) is -0.947. The van der Waals surface area contributed by atoms with Crippen LogP contribution in [0.2, 0.25) is 0 Å². The van der Waals surface area contributed by atoms with Gasteiger partial charge in [0.1, 0.15) is 5.54 Å². The first kappa shape index (κ1) is 12.4. The van der Waals surface area contributed by atoms with Crippen molar-refractivity contribution in [2.75, 3.05) is 0 Å². The normalized spacial score (nSPS) is 31.9. The molecule has 0 saturated heterocycles. The third kappa shape index (κ3) is 2.17. The van der Waals surface area contributed by atoms with Crippen LogP contribution in [-0.4, -0.2) is 34.0 Å². The number of hydrogen-bond donors (Lipinski definition) is 1. The quantitative estimate of drug-likeness (QED) is 0.764. The molecular weight excluding hydrogens is 218 g/mol. The molecule has 1 amide bonds. The van der Waals surface area contributed by atoms with Crippen molar-refractivity contribution in [3.05, 3.63) is 0 Å². The smallest absolute Gasteiger partial charge is 0.329 e. The molecule has 0 spiro atoms. The van der Waals surface area contributed by atoms with E-state index in [-0.39, 0.29) is 11.5 Å². The lowest BCUT2D eigenvalue weighted by molar-refractivity contribution is -0.161. The maximum Gasteiger partial charge on any atom is 0.329 e. The van der Waals surface area contributed by atoms with Gasteiger partial charge in [-0.15, -0.1) is 0 Å². The first-order valence-electron chi connectivity index (χ1n) is 6.38. The number of aliphatic carboxylic acids is 1. The van der Waals surface area contributed by atoms with Gasteiger partial charge < -0.3 is 10.0 Å². The number of rotatable bonds is 4. The number of nitrogens with zero attached hydrogens (tertiary/aromatic N) is 1. The van der Waals surface area contributed by atoms with Crippen LogP contribution in [-0.2, 0) is 9.59 Å². The molecule has 2 aliphatic carbocycles. The Hall–Kier alpha value is -1.06. The Morgan fingerprint density at radius 1 is 1.35 bits per heavy atom. The Kier molecular flexibility index (Phi) is 2.92. The van der Waals surface area contributed by atoms with E-state index in [1.165, 1.54) is 0 Å². The van der Waals surface area contributed by atoms with E-state index in [0.29, 0.717) is 12.8 Å². The number of carbonyl (C=O) groups excluding carboxylic acids is 1. The van der Waals surface area contributed by atoms with Crippen molar-refractivity contribution in [3.8, 4) is 0 Å². The van der Waals surface area contributed by atoms with Crippen LogP contribution in [0, 0.1) is 5.41 Å². The molecule has 4 nitrogen and oxygen atoms in total. The summed E-state index contributed by atoms with van der Waals surface area (Å²) in [6, 6.07) is 0.164. The van der Waals surface area contributed by atoms with Crippen molar-refractivity contribution in [2.24, 2.45) is 5.41 Å². The second-order valence-electron chi connectivity index (χ2n) is 6.28. The van der Waals surface area contributed by atoms with Crippen LogP contribution in [0.5, 0.6) is 0 Å². The van der Waals surface area contributed by atoms with E-state index < -0.39 is 11.5 Å². The maximum absolute atomic E-state index is 11.7. The van der Waals surface area contributed by atoms with Gasteiger partial charge in [0.2, 0.25) is 6.41 Å². The molecule has 17 heavy (non-hydrogen) atoms. The van der Waals surface area contributed by atoms with E-state index >= 15 is 0 Å². The maximum atomic E-state index is 11.7. The molecular formula is C13H21NO3. The van der Waals surface area contributed by atoms with E-state index in [0.717, 1.165) is 32.1 Å². The fourth-order valence-corrected chi connectivity index (χ4v) is 3.23. The average molecular weight is 239 g/mol. The first-order chi connectivity index (χ1) is 7.91. The Morgan fingerprint density at radius 3 is 2.41 bits per heavy atom. The minimum Gasteiger partial charge on any atom is -0.479 e. The van der Waals surface area contributed by atoms with E-state index in [9.17, 15) is 14.7 Å². The molecule has 0 aliphatic heterocycles. The summed E-state index contributed by atoms with van der Waals surface area (Å²) in [7, 11) is 0. The SMILES string of the molecule is CC1(C)CCCC(C(=O)O)(N(C=O)C2CC2)C1. The summed E-state index contributed by atoms with van der Waals surface area (Å²) < 4.78 is 0. The Balaban J connectivity index is 2.30. The number of carboxylic acids is 1. The molecule has 2 rings (SSSR count). The number of carboxylic acid groups (broad SMARTS) is 1. The van der Waals surface area contributed by atoms with Gasteiger partial charge in [-0.25, -0.2) is 4.79 Å². The molecule has 0 aromatic rings. The van der Waals surface area contributed by atoms with E-state index in [4.69, 9.17) is 0 Å². The zero-order valence-electron chi connectivity index (χ0n) is 10.6. The lowest BCUT2D eigenvalue weighted by Crippen LogP contribution is -2.58. The molecule has 0 heterocycles. The Labute approximate surface area is 102 Å². The average Bonchev–Trinajstić information content (AvgIpc) is 3.01. The van der Waals surface area contributed by atoms with Crippen molar-refractivity contribution in [2.45, 2.75) is 64.0 Å². The van der Waals surface area contributed by atoms with Gasteiger partial charge in [-0.05, 0) is 43.9 Å². The molecule has 1 atom stereocenters. The highest BCUT2D eigenvalue weighted by Crippen LogP contribution is 2.46. The Bertz CT molecular complexity index is 336. The molecule has 2 fully saturated rings. The van der Waals surface area contributed by atoms with E-state index in [1.807, 2.05) is 0 Å². The molecule has 1 N–H and O–H groups in total. The van der Waals surface area contributed by atoms with E-state index in [1.54, 1.807) is 4.90 Å². The molecule has 0 radical (unpaired) electrons. The highest BCUT2D eigenvalue weighted by molar-refractivity contribution is 5.82. The molecule has 2 aliphatic rings. The molecule has 96 valence electrons. The Morgan fingerprint density at radius 2 is 2.00 bits per heavy atom. The van der Waals surface area contributed by atoms with Crippen molar-refractivity contribution in [1.29, 1.82) is 0 Å². The van der Waals surface area contributed by atoms with Gasteiger partial charge in [-0.1, -0.05) is 13.8 Å². The van der Waals surface area contributed by atoms with Gasteiger partial charge in [-0.3, -0.25) is 4.79 Å². The zero-order valence-corrected chi connectivity index (χ0v) is 10.6. The second-order valence-corrected chi connectivity index (χ2v) is 6.28. The molecule has 0 aromatic carbocycles. The zero-order chi connectivity index (χ0) is 12.7. The topological polar surface area (TPSA) is 57.6 Å². The largest absolute Gasteiger partial charge is 0.479 e. The first-order valence-corrected chi connectivity index (χ1v) is 6.38. The summed E-state index contributed by atoms with van der Waals surface area (Å²) in [5.74, 6) is -0.829. The standard InChI is InChI=1S/C13H21NO3/c1-12(2)6-3-7-13(8-12,11(16)17)14(9-15)10-4-5-10/h9-10H,3-8H2,1-2H3,(H,16,17). The summed E-state index contributed by atoms with van der Waals surface area (Å²) in [5, 5.41) is 9.60. The van der Waals surface area contributed by atoms with Crippen LogP contribution in [0.4, 0.5) is 0 Å². The highest BCUT2D eigenvalue weighted by Gasteiger charge is 2.53. The molecule has 0 aromatic heterocycles. The number of amides is 1. The van der Waals surface area contributed by atoms with Gasteiger partial charge in [0.15, 0.2) is 0 Å². The summed E-state index contributed by atoms with van der Waals surface area (Å²) in [6.07, 6.45) is 5.76. The lowest BCUT2D eigenvalue weighted by atomic mass is 9.67. The highest BCUT2D eigenvalue weighted by atomic mass is 16.4. The summed E-state index contributed by atoms with van der Waals surface area (Å²) in [6.45, 7) is 4.19. The van der Waals surface area contributed by atoms with Crippen molar-refractivity contribution in [3.63, 3.8) is 0 Å². The number of hydrogen-bond acceptors (Lipinski definition) is 2. The van der Waals surface area contributed by atoms with Crippen LogP contribution in [0.3, 0.4) is 0 Å². The summed E-state index contributed by atoms with van der Waals surface area (Å²) >= 11 is 0. The molecule has 2 saturated carbocycles. The van der Waals surface area contributed by atoms with E-state index in [2.05, 4.69) is 13.8 Å². The monoisotopic (exact) mass is 239 g/mol. The third-order valence-electron chi connectivity index (χ3n) is 4.16. The van der Waals surface area contributed by atoms with Gasteiger partial charge in [0.05, 0.1) is 0 Å². The minimum absolute atomic E-state index is 0.00674. The van der Waals surface area contributed by atoms with Crippen LogP contribution in [0.15, 0.2) is 0 Å². The minimum atomic E-state index is -0.954. The fourth-order valence-electron chi connectivity index (χ4n) is 3.23. The van der Waals surface area contributed by atoms with Crippen LogP contribution in [0.25, 0.3) is 0 Å². The molecule has 0 bridgehead atoms. The number of carbonyl (C=O) groups is 2. The summed E-state index contributed by atoms with van der Waals surface area (Å²) in [4.78, 5) is 24.6. The van der Waals surface area contributed by atoms with Gasteiger partial charge >= 0.3 is 5.97 Å². The second kappa shape index (κ2) is 4.00. The molecule has 1 unspecified atom stereocenters. The van der Waals surface area contributed by atoms with Crippen molar-refractivity contribution < 1.29 is 14.7 Å². The van der Waals surface area contributed by atoms with Crippen LogP contribution < -0.4 is 0 Å². The van der Waals surface area contributed by atoms with Crippen LogP contribution >= 0.6 is 0 Å². The fraction of sp³-hybridized carbons (Fsp3) is 0.846. The molecule has 4 heteroatoms. The van der Waals surface area contributed by atoms with Gasteiger partial charge in [0.25, 0.3) is 0 Å². The van der Waals surface area contributed by atoms with Crippen LogP contribution in [0.1, 0.15) is 52.4 Å². The van der Waals surface area contributed by atoms with Gasteiger partial charge in [0, 0.05) is 6.04 Å². The third-order valence-corrected chi connectivity index (χ3v) is 4.16. The lowest BCUT2D eigenvalue weighted by Gasteiger charge is -2.47. The van der Waals surface area contributed by atoms with Crippen molar-refractivity contribution >= 4 is 12.4 Å². The predicted molar refractivity (Wildman–Crippen MR) is 63.5 cm³/mol. The van der Waals surface area contributed by atoms with Gasteiger partial charge in [-0.2, -0.15) is 0 Å². The van der Waals surface area contributed by atoms with Crippen molar-refractivity contribution in [1.82, 2.24) is 4.90 Å². The predicted octanol–water partition coefficient (Wildman–Crippen LogP) is 2.03.